The third-order valence-electron chi connectivity index (χ3n) is 2.70. The average molecular weight is 251 g/mol. The van der Waals surface area contributed by atoms with Crippen molar-refractivity contribution in [3.8, 4) is 0 Å². The SMILES string of the molecule is CCCNc1cc(N(C)CCCN(C)C)ncn1. The molecule has 0 aliphatic heterocycles. The molecule has 1 N–H and O–H groups in total. The molecular formula is C13H25N5. The average Bonchev–Trinajstić information content (AvgIpc) is 2.36. The van der Waals surface area contributed by atoms with Crippen LogP contribution in [0.5, 0.6) is 0 Å². The Morgan fingerprint density at radius 2 is 1.94 bits per heavy atom. The number of nitrogens with one attached hydrogen (secondary N) is 1. The highest BCUT2D eigenvalue weighted by molar-refractivity contribution is 5.47. The van der Waals surface area contributed by atoms with Crippen LogP contribution in [-0.2, 0) is 0 Å². The van der Waals surface area contributed by atoms with Gasteiger partial charge in [0.1, 0.15) is 18.0 Å². The van der Waals surface area contributed by atoms with Gasteiger partial charge in [-0.25, -0.2) is 9.97 Å². The van der Waals surface area contributed by atoms with E-state index in [2.05, 4.69) is 53.2 Å². The first-order valence-electron chi connectivity index (χ1n) is 6.55. The minimum Gasteiger partial charge on any atom is -0.370 e. The molecule has 0 aliphatic carbocycles. The minimum atomic E-state index is 0.904. The van der Waals surface area contributed by atoms with Crippen molar-refractivity contribution in [1.29, 1.82) is 0 Å². The summed E-state index contributed by atoms with van der Waals surface area (Å²) in [5.74, 6) is 1.88. The highest BCUT2D eigenvalue weighted by Crippen LogP contribution is 2.12. The second-order valence-corrected chi connectivity index (χ2v) is 4.77. The van der Waals surface area contributed by atoms with Crippen molar-refractivity contribution in [2.75, 3.05) is 51.0 Å². The standard InChI is InChI=1S/C13H25N5/c1-5-7-14-12-10-13(16-11-15-12)18(4)9-6-8-17(2)3/h10-11H,5-9H2,1-4H3,(H,14,15,16). The lowest BCUT2D eigenvalue weighted by Crippen LogP contribution is -2.24. The van der Waals surface area contributed by atoms with Gasteiger partial charge in [0.25, 0.3) is 0 Å². The van der Waals surface area contributed by atoms with Crippen LogP contribution >= 0.6 is 0 Å². The molecular weight excluding hydrogens is 226 g/mol. The minimum absolute atomic E-state index is 0.904. The Balaban J connectivity index is 2.48. The smallest absolute Gasteiger partial charge is 0.133 e. The quantitative estimate of drug-likeness (QED) is 0.761. The highest BCUT2D eigenvalue weighted by Gasteiger charge is 2.04. The molecule has 1 rings (SSSR count). The summed E-state index contributed by atoms with van der Waals surface area (Å²) in [4.78, 5) is 12.9. The predicted molar refractivity (Wildman–Crippen MR) is 77.3 cm³/mol. The van der Waals surface area contributed by atoms with E-state index in [9.17, 15) is 0 Å². The molecule has 5 heteroatoms. The van der Waals surface area contributed by atoms with Crippen LogP contribution in [0.1, 0.15) is 19.8 Å². The maximum absolute atomic E-state index is 4.31. The van der Waals surface area contributed by atoms with Crippen molar-refractivity contribution in [2.45, 2.75) is 19.8 Å². The Bertz CT molecular complexity index is 340. The van der Waals surface area contributed by atoms with E-state index in [0.29, 0.717) is 0 Å². The van der Waals surface area contributed by atoms with Gasteiger partial charge in [-0.2, -0.15) is 0 Å². The van der Waals surface area contributed by atoms with E-state index >= 15 is 0 Å². The molecule has 0 spiro atoms. The van der Waals surface area contributed by atoms with E-state index in [-0.39, 0.29) is 0 Å². The number of aromatic nitrogens is 2. The van der Waals surface area contributed by atoms with Gasteiger partial charge in [-0.05, 0) is 33.5 Å². The molecule has 0 saturated heterocycles. The molecule has 5 nitrogen and oxygen atoms in total. The van der Waals surface area contributed by atoms with E-state index in [1.807, 2.05) is 6.07 Å². The number of nitrogens with zero attached hydrogens (tertiary/aromatic N) is 4. The van der Waals surface area contributed by atoms with Crippen LogP contribution in [0, 0.1) is 0 Å². The summed E-state index contributed by atoms with van der Waals surface area (Å²) < 4.78 is 0. The molecule has 0 bridgehead atoms. The van der Waals surface area contributed by atoms with Gasteiger partial charge < -0.3 is 15.1 Å². The summed E-state index contributed by atoms with van der Waals surface area (Å²) in [7, 11) is 6.26. The van der Waals surface area contributed by atoms with Crippen LogP contribution in [0.3, 0.4) is 0 Å². The van der Waals surface area contributed by atoms with Crippen LogP contribution in [0.15, 0.2) is 12.4 Å². The third kappa shape index (κ3) is 5.31. The first-order chi connectivity index (χ1) is 8.63. The molecule has 18 heavy (non-hydrogen) atoms. The summed E-state index contributed by atoms with van der Waals surface area (Å²) in [5.41, 5.74) is 0. The molecule has 0 aromatic carbocycles. The van der Waals surface area contributed by atoms with E-state index in [0.717, 1.165) is 44.1 Å². The van der Waals surface area contributed by atoms with Gasteiger partial charge in [-0.3, -0.25) is 0 Å². The number of hydrogen-bond acceptors (Lipinski definition) is 5. The van der Waals surface area contributed by atoms with Gasteiger partial charge in [-0.15, -0.1) is 0 Å². The second-order valence-electron chi connectivity index (χ2n) is 4.77. The van der Waals surface area contributed by atoms with Crippen molar-refractivity contribution in [3.05, 3.63) is 12.4 Å². The first-order valence-corrected chi connectivity index (χ1v) is 6.55. The Kier molecular flexibility index (Phi) is 6.43. The molecule has 0 saturated carbocycles. The third-order valence-corrected chi connectivity index (χ3v) is 2.70. The molecule has 0 radical (unpaired) electrons. The van der Waals surface area contributed by atoms with Gasteiger partial charge in [0.15, 0.2) is 0 Å². The molecule has 1 heterocycles. The molecule has 1 aromatic heterocycles. The predicted octanol–water partition coefficient (Wildman–Crippen LogP) is 1.69. The summed E-state index contributed by atoms with van der Waals surface area (Å²) in [6.07, 6.45) is 3.85. The zero-order valence-electron chi connectivity index (χ0n) is 12.0. The number of hydrogen-bond donors (Lipinski definition) is 1. The fourth-order valence-electron chi connectivity index (χ4n) is 1.64. The molecule has 102 valence electrons. The van der Waals surface area contributed by atoms with Crippen molar-refractivity contribution >= 4 is 11.6 Å². The van der Waals surface area contributed by atoms with Crippen LogP contribution in [0.2, 0.25) is 0 Å². The van der Waals surface area contributed by atoms with Crippen molar-refractivity contribution in [2.24, 2.45) is 0 Å². The number of rotatable bonds is 8. The second kappa shape index (κ2) is 7.87. The maximum Gasteiger partial charge on any atom is 0.133 e. The highest BCUT2D eigenvalue weighted by atomic mass is 15.2. The largest absolute Gasteiger partial charge is 0.370 e. The van der Waals surface area contributed by atoms with Gasteiger partial charge >= 0.3 is 0 Å². The Morgan fingerprint density at radius 3 is 2.61 bits per heavy atom. The Hall–Kier alpha value is -1.36. The maximum atomic E-state index is 4.31. The lowest BCUT2D eigenvalue weighted by molar-refractivity contribution is 0.401. The van der Waals surface area contributed by atoms with Crippen LogP contribution < -0.4 is 10.2 Å². The Morgan fingerprint density at radius 1 is 1.17 bits per heavy atom. The van der Waals surface area contributed by atoms with Crippen molar-refractivity contribution in [3.63, 3.8) is 0 Å². The monoisotopic (exact) mass is 251 g/mol. The van der Waals surface area contributed by atoms with Crippen molar-refractivity contribution in [1.82, 2.24) is 14.9 Å². The molecule has 0 fully saturated rings. The van der Waals surface area contributed by atoms with E-state index in [4.69, 9.17) is 0 Å². The Labute approximate surface area is 110 Å². The summed E-state index contributed by atoms with van der Waals surface area (Å²) in [5, 5.41) is 3.28. The zero-order chi connectivity index (χ0) is 13.4. The summed E-state index contributed by atoms with van der Waals surface area (Å²) in [6.45, 7) is 5.18. The van der Waals surface area contributed by atoms with E-state index in [1.165, 1.54) is 0 Å². The van der Waals surface area contributed by atoms with Gasteiger partial charge in [0.2, 0.25) is 0 Å². The normalized spacial score (nSPS) is 10.7. The van der Waals surface area contributed by atoms with Crippen LogP contribution in [0.4, 0.5) is 11.6 Å². The van der Waals surface area contributed by atoms with Crippen LogP contribution in [0.25, 0.3) is 0 Å². The molecule has 0 atom stereocenters. The molecule has 0 amide bonds. The first kappa shape index (κ1) is 14.7. The molecule has 1 aromatic rings. The summed E-state index contributed by atoms with van der Waals surface area (Å²) >= 11 is 0. The number of anilines is 2. The van der Waals surface area contributed by atoms with Crippen LogP contribution in [-0.4, -0.2) is 55.6 Å². The van der Waals surface area contributed by atoms with Gasteiger partial charge in [0, 0.05) is 26.2 Å². The van der Waals surface area contributed by atoms with E-state index < -0.39 is 0 Å². The molecule has 0 aliphatic rings. The van der Waals surface area contributed by atoms with Gasteiger partial charge in [0.05, 0.1) is 0 Å². The molecule has 0 unspecified atom stereocenters. The lowest BCUT2D eigenvalue weighted by Gasteiger charge is -2.19. The van der Waals surface area contributed by atoms with Crippen molar-refractivity contribution < 1.29 is 0 Å². The van der Waals surface area contributed by atoms with Gasteiger partial charge in [-0.1, -0.05) is 6.92 Å². The zero-order valence-corrected chi connectivity index (χ0v) is 12.0. The topological polar surface area (TPSA) is 44.3 Å². The van der Waals surface area contributed by atoms with E-state index in [1.54, 1.807) is 6.33 Å². The summed E-state index contributed by atoms with van der Waals surface area (Å²) in [6, 6.07) is 2.01. The lowest BCUT2D eigenvalue weighted by atomic mass is 10.3. The fraction of sp³-hybridized carbons (Fsp3) is 0.692. The fourth-order valence-corrected chi connectivity index (χ4v) is 1.64.